The molecule has 3 amide bonds. The fourth-order valence-corrected chi connectivity index (χ4v) is 3.82. The maximum absolute atomic E-state index is 13.7. The van der Waals surface area contributed by atoms with E-state index in [0.717, 1.165) is 5.56 Å². The van der Waals surface area contributed by atoms with Gasteiger partial charge >= 0.3 is 0 Å². The third-order valence-electron chi connectivity index (χ3n) is 5.63. The minimum atomic E-state index is -1.10. The van der Waals surface area contributed by atoms with E-state index in [1.807, 2.05) is 70.2 Å². The lowest BCUT2D eigenvalue weighted by Gasteiger charge is -2.30. The number of nitrogens with one attached hydrogen (secondary N) is 3. The topological polar surface area (TPSA) is 96.5 Å². The Bertz CT molecular complexity index is 1090. The lowest BCUT2D eigenvalue weighted by Crippen LogP contribution is -2.56. The fraction of sp³-hybridized carbons (Fsp3) is 0.345. The average molecular weight is 490 g/mol. The first-order chi connectivity index (χ1) is 17.2. The molecule has 0 saturated carbocycles. The molecule has 0 unspecified atom stereocenters. The molecule has 0 aliphatic carbocycles. The summed E-state index contributed by atoms with van der Waals surface area (Å²) in [5.41, 5.74) is 1.59. The Labute approximate surface area is 213 Å². The van der Waals surface area contributed by atoms with Gasteiger partial charge in [-0.25, -0.2) is 0 Å². The summed E-state index contributed by atoms with van der Waals surface area (Å²) in [4.78, 5) is 39.5. The van der Waals surface area contributed by atoms with E-state index in [-0.39, 0.29) is 17.7 Å². The second kappa shape index (κ2) is 12.7. The molecule has 2 aromatic rings. The first-order valence-corrected chi connectivity index (χ1v) is 12.3. The van der Waals surface area contributed by atoms with E-state index in [0.29, 0.717) is 17.7 Å². The second-order valence-electron chi connectivity index (χ2n) is 9.64. The molecule has 3 N–H and O–H groups in total. The summed E-state index contributed by atoms with van der Waals surface area (Å²) < 4.78 is 6.33. The molecule has 0 aromatic heterocycles. The van der Waals surface area contributed by atoms with Crippen LogP contribution in [0.1, 0.15) is 51.3 Å². The number of hydrogen-bond donors (Lipinski definition) is 3. The summed E-state index contributed by atoms with van der Waals surface area (Å²) in [6.07, 6.45) is 6.11. The Morgan fingerprint density at radius 3 is 2.33 bits per heavy atom. The Morgan fingerprint density at radius 1 is 1.00 bits per heavy atom. The Morgan fingerprint density at radius 2 is 1.69 bits per heavy atom. The van der Waals surface area contributed by atoms with Gasteiger partial charge in [0, 0.05) is 6.20 Å². The molecule has 7 nitrogen and oxygen atoms in total. The molecule has 3 atom stereocenters. The van der Waals surface area contributed by atoms with Crippen LogP contribution in [-0.4, -0.2) is 29.8 Å². The summed E-state index contributed by atoms with van der Waals surface area (Å²) in [6, 6.07) is 14.7. The van der Waals surface area contributed by atoms with Crippen molar-refractivity contribution >= 4 is 23.8 Å². The number of benzene rings is 2. The smallest absolute Gasteiger partial charge is 0.247 e. The van der Waals surface area contributed by atoms with Gasteiger partial charge in [-0.2, -0.15) is 0 Å². The molecule has 0 radical (unpaired) electrons. The highest BCUT2D eigenvalue weighted by Gasteiger charge is 2.35. The van der Waals surface area contributed by atoms with Gasteiger partial charge in [-0.05, 0) is 53.7 Å². The molecule has 2 aliphatic heterocycles. The van der Waals surface area contributed by atoms with E-state index in [2.05, 4.69) is 16.0 Å². The molecule has 0 fully saturated rings. The van der Waals surface area contributed by atoms with Crippen molar-refractivity contribution < 1.29 is 19.1 Å². The lowest BCUT2D eigenvalue weighted by atomic mass is 9.98. The predicted molar refractivity (Wildman–Crippen MR) is 141 cm³/mol. The minimum absolute atomic E-state index is 0.152. The van der Waals surface area contributed by atoms with Gasteiger partial charge in [0.2, 0.25) is 17.7 Å². The fourth-order valence-electron chi connectivity index (χ4n) is 3.82. The van der Waals surface area contributed by atoms with Crippen LogP contribution in [0.4, 0.5) is 0 Å². The van der Waals surface area contributed by atoms with E-state index in [1.165, 1.54) is 6.08 Å². The maximum atomic E-state index is 13.7. The zero-order valence-electron chi connectivity index (χ0n) is 21.2. The lowest BCUT2D eigenvalue weighted by molar-refractivity contribution is -0.133. The molecule has 4 rings (SSSR count). The first-order valence-electron chi connectivity index (χ1n) is 12.3. The summed E-state index contributed by atoms with van der Waals surface area (Å²) in [7, 11) is 0. The van der Waals surface area contributed by atoms with Crippen LogP contribution >= 0.6 is 0 Å². The number of ether oxygens (including phenoxy) is 1. The van der Waals surface area contributed by atoms with E-state index >= 15 is 0 Å². The molecular formula is C29H35N3O4. The van der Waals surface area contributed by atoms with Crippen LogP contribution in [0.2, 0.25) is 0 Å². The molecule has 36 heavy (non-hydrogen) atoms. The maximum Gasteiger partial charge on any atom is 0.247 e. The molecule has 2 bridgehead atoms. The Kier molecular flexibility index (Phi) is 9.45. The van der Waals surface area contributed by atoms with Crippen LogP contribution in [0.3, 0.4) is 0 Å². The monoisotopic (exact) mass is 489 g/mol. The SMILES string of the molecule is CC(C)C=CC(=O)N[C@H]1C(=O)N[C@@H](CC(C)C)C(=O)NC=Cc2ccc(cc2)O[C@@H]1c1ccccc1. The third-order valence-corrected chi connectivity index (χ3v) is 5.63. The van der Waals surface area contributed by atoms with Crippen molar-refractivity contribution in [1.82, 2.24) is 16.0 Å². The zero-order valence-corrected chi connectivity index (χ0v) is 21.2. The number of rotatable bonds is 6. The summed E-state index contributed by atoms with van der Waals surface area (Å²) >= 11 is 0. The van der Waals surface area contributed by atoms with Crippen LogP contribution in [0.25, 0.3) is 6.08 Å². The molecule has 2 aromatic carbocycles. The zero-order chi connectivity index (χ0) is 26.1. The number of carbonyl (C=O) groups is 3. The number of allylic oxidation sites excluding steroid dienone is 1. The first kappa shape index (κ1) is 26.7. The molecule has 190 valence electrons. The van der Waals surface area contributed by atoms with Gasteiger partial charge in [0.25, 0.3) is 0 Å². The van der Waals surface area contributed by atoms with Gasteiger partial charge in [0.1, 0.15) is 17.8 Å². The normalized spacial score (nSPS) is 20.7. The highest BCUT2D eigenvalue weighted by atomic mass is 16.5. The van der Waals surface area contributed by atoms with Crippen molar-refractivity contribution in [2.75, 3.05) is 0 Å². The Balaban J connectivity index is 2.07. The van der Waals surface area contributed by atoms with Gasteiger partial charge in [-0.1, -0.05) is 76.2 Å². The highest BCUT2D eigenvalue weighted by molar-refractivity contribution is 5.95. The van der Waals surface area contributed by atoms with Gasteiger partial charge < -0.3 is 20.7 Å². The quantitative estimate of drug-likeness (QED) is 0.532. The van der Waals surface area contributed by atoms with E-state index in [1.54, 1.807) is 30.5 Å². The number of amides is 3. The summed E-state index contributed by atoms with van der Waals surface area (Å²) in [6.45, 7) is 7.88. The van der Waals surface area contributed by atoms with Gasteiger partial charge in [-0.3, -0.25) is 14.4 Å². The molecule has 7 heteroatoms. The van der Waals surface area contributed by atoms with Crippen LogP contribution in [0.15, 0.2) is 72.9 Å². The van der Waals surface area contributed by atoms with E-state index < -0.39 is 30.0 Å². The largest absolute Gasteiger partial charge is 0.483 e. The molecule has 0 saturated heterocycles. The van der Waals surface area contributed by atoms with Crippen molar-refractivity contribution in [3.05, 3.63) is 84.1 Å². The summed E-state index contributed by atoms with van der Waals surface area (Å²) in [5, 5.41) is 8.45. The standard InChI is InChI=1S/C29H35N3O4/c1-19(2)10-15-25(33)32-26-27(22-8-6-5-7-9-22)36-23-13-11-21(12-14-23)16-17-30-28(34)24(18-20(3)4)31-29(26)35/h5-17,19-20,24,26-27H,18H2,1-4H3,(H,30,34)(H,31,35)(H,32,33)/t24-,26+,27+/m0/s1. The number of hydrogen-bond acceptors (Lipinski definition) is 4. The van der Waals surface area contributed by atoms with Crippen molar-refractivity contribution in [2.24, 2.45) is 11.8 Å². The predicted octanol–water partition coefficient (Wildman–Crippen LogP) is 4.14. The third kappa shape index (κ3) is 7.83. The van der Waals surface area contributed by atoms with Crippen molar-refractivity contribution in [3.8, 4) is 5.75 Å². The molecule has 2 heterocycles. The highest BCUT2D eigenvalue weighted by Crippen LogP contribution is 2.26. The van der Waals surface area contributed by atoms with Crippen LogP contribution in [-0.2, 0) is 14.4 Å². The van der Waals surface area contributed by atoms with Crippen LogP contribution < -0.4 is 20.7 Å². The Hall–Kier alpha value is -3.87. The average Bonchev–Trinajstić information content (AvgIpc) is 2.85. The number of fused-ring (bicyclic) bond motifs is 10. The minimum Gasteiger partial charge on any atom is -0.483 e. The van der Waals surface area contributed by atoms with Crippen LogP contribution in [0.5, 0.6) is 5.75 Å². The molecular weight excluding hydrogens is 454 g/mol. The van der Waals surface area contributed by atoms with Crippen molar-refractivity contribution in [3.63, 3.8) is 0 Å². The van der Waals surface area contributed by atoms with Crippen molar-refractivity contribution in [2.45, 2.75) is 52.3 Å². The number of carbonyl (C=O) groups excluding carboxylic acids is 3. The van der Waals surface area contributed by atoms with Gasteiger partial charge in [0.05, 0.1) is 0 Å². The van der Waals surface area contributed by atoms with E-state index in [9.17, 15) is 14.4 Å². The van der Waals surface area contributed by atoms with Gasteiger partial charge in [-0.15, -0.1) is 0 Å². The molecule has 0 spiro atoms. The van der Waals surface area contributed by atoms with Gasteiger partial charge in [0.15, 0.2) is 6.10 Å². The van der Waals surface area contributed by atoms with Crippen molar-refractivity contribution in [1.29, 1.82) is 0 Å². The summed E-state index contributed by atoms with van der Waals surface area (Å²) in [5.74, 6) is -0.389. The van der Waals surface area contributed by atoms with Crippen LogP contribution in [0, 0.1) is 11.8 Å². The van der Waals surface area contributed by atoms with E-state index in [4.69, 9.17) is 4.74 Å². The molecule has 2 aliphatic rings. The second-order valence-corrected chi connectivity index (χ2v) is 9.64.